The second-order valence-electron chi connectivity index (χ2n) is 5.17. The van der Waals surface area contributed by atoms with E-state index in [1.54, 1.807) is 12.1 Å². The van der Waals surface area contributed by atoms with Gasteiger partial charge in [-0.15, -0.1) is 0 Å². The summed E-state index contributed by atoms with van der Waals surface area (Å²) in [5, 5.41) is 22.1. The first-order chi connectivity index (χ1) is 11.5. The molecule has 3 rings (SSSR count). The Morgan fingerprint density at radius 2 is 1.54 bits per heavy atom. The molecule has 0 atom stereocenters. The Kier molecular flexibility index (Phi) is 3.78. The Morgan fingerprint density at radius 3 is 2.08 bits per heavy atom. The average molecular weight is 324 g/mol. The number of non-ortho nitro benzene ring substituents is 1. The summed E-state index contributed by atoms with van der Waals surface area (Å²) < 4.78 is 1.42. The predicted molar refractivity (Wildman–Crippen MR) is 87.0 cm³/mol. The van der Waals surface area contributed by atoms with E-state index in [-0.39, 0.29) is 11.5 Å². The quantitative estimate of drug-likeness (QED) is 0.538. The van der Waals surface area contributed by atoms with Crippen molar-refractivity contribution in [3.05, 3.63) is 80.5 Å². The van der Waals surface area contributed by atoms with Crippen LogP contribution in [0.3, 0.4) is 0 Å². The summed E-state index contributed by atoms with van der Waals surface area (Å²) in [5.74, 6) is 0.174. The maximum Gasteiger partial charge on any atom is 0.348 e. The number of benzene rings is 2. The fraction of sp³-hybridized carbons (Fsp3) is 0.0625. The molecular formula is C16H12N4O4. The first kappa shape index (κ1) is 15.3. The van der Waals surface area contributed by atoms with Gasteiger partial charge in [-0.2, -0.15) is 4.57 Å². The summed E-state index contributed by atoms with van der Waals surface area (Å²) in [4.78, 5) is 25.2. The minimum Gasteiger partial charge on any atom is -0.358 e. The topological polar surface area (TPSA) is 104 Å². The van der Waals surface area contributed by atoms with E-state index in [9.17, 15) is 20.2 Å². The van der Waals surface area contributed by atoms with E-state index in [0.717, 1.165) is 5.56 Å². The molecule has 1 heterocycles. The molecule has 0 amide bonds. The summed E-state index contributed by atoms with van der Waals surface area (Å²) in [7, 11) is 0. The number of nitro groups is 2. The first-order valence-electron chi connectivity index (χ1n) is 7.01. The zero-order chi connectivity index (χ0) is 17.3. The largest absolute Gasteiger partial charge is 0.358 e. The van der Waals surface area contributed by atoms with E-state index in [2.05, 4.69) is 4.98 Å². The van der Waals surface area contributed by atoms with Crippen LogP contribution in [0.25, 0.3) is 17.1 Å². The SMILES string of the molecule is Cc1ccc(-n2c([N+](=O)[O-])cnc2-c2ccc([N+](=O)[O-])cc2)cc1. The minimum atomic E-state index is -0.512. The molecule has 1 aromatic heterocycles. The van der Waals surface area contributed by atoms with Crippen molar-refractivity contribution >= 4 is 11.5 Å². The van der Waals surface area contributed by atoms with Crippen molar-refractivity contribution in [2.75, 3.05) is 0 Å². The minimum absolute atomic E-state index is 0.0540. The van der Waals surface area contributed by atoms with Crippen molar-refractivity contribution in [3.8, 4) is 17.1 Å². The third-order valence-corrected chi connectivity index (χ3v) is 3.56. The van der Waals surface area contributed by atoms with Crippen molar-refractivity contribution in [3.63, 3.8) is 0 Å². The third-order valence-electron chi connectivity index (χ3n) is 3.56. The van der Waals surface area contributed by atoms with E-state index in [4.69, 9.17) is 0 Å². The molecule has 8 heteroatoms. The van der Waals surface area contributed by atoms with Gasteiger partial charge in [0.15, 0.2) is 0 Å². The van der Waals surface area contributed by atoms with Gasteiger partial charge in [0.1, 0.15) is 11.9 Å². The number of aromatic nitrogens is 2. The molecule has 8 nitrogen and oxygen atoms in total. The molecule has 0 saturated heterocycles. The van der Waals surface area contributed by atoms with Crippen LogP contribution in [-0.2, 0) is 0 Å². The van der Waals surface area contributed by atoms with E-state index in [1.807, 2.05) is 19.1 Å². The lowest BCUT2D eigenvalue weighted by atomic mass is 10.2. The van der Waals surface area contributed by atoms with Crippen LogP contribution in [0.5, 0.6) is 0 Å². The normalized spacial score (nSPS) is 10.5. The maximum atomic E-state index is 11.3. The van der Waals surface area contributed by atoms with Crippen LogP contribution in [-0.4, -0.2) is 19.4 Å². The Labute approximate surface area is 136 Å². The van der Waals surface area contributed by atoms with Crippen LogP contribution < -0.4 is 0 Å². The summed E-state index contributed by atoms with van der Waals surface area (Å²) in [6.45, 7) is 1.92. The Morgan fingerprint density at radius 1 is 0.917 bits per heavy atom. The summed E-state index contributed by atoms with van der Waals surface area (Å²) in [6, 6.07) is 12.9. The number of hydrogen-bond donors (Lipinski definition) is 0. The summed E-state index contributed by atoms with van der Waals surface area (Å²) in [5.41, 5.74) is 2.12. The van der Waals surface area contributed by atoms with Crippen LogP contribution in [0.2, 0.25) is 0 Å². The fourth-order valence-corrected chi connectivity index (χ4v) is 2.36. The standard InChI is InChI=1S/C16H12N4O4/c1-11-2-6-13(7-3-11)18-15(20(23)24)10-17-16(18)12-4-8-14(9-5-12)19(21)22/h2-10H,1H3. The first-order valence-corrected chi connectivity index (χ1v) is 7.01. The zero-order valence-electron chi connectivity index (χ0n) is 12.6. The van der Waals surface area contributed by atoms with Crippen molar-refractivity contribution in [1.29, 1.82) is 0 Å². The van der Waals surface area contributed by atoms with Crippen molar-refractivity contribution < 1.29 is 9.85 Å². The molecular weight excluding hydrogens is 312 g/mol. The molecule has 0 N–H and O–H groups in total. The molecule has 0 aliphatic rings. The number of hydrogen-bond acceptors (Lipinski definition) is 5. The average Bonchev–Trinajstić information content (AvgIpc) is 3.01. The van der Waals surface area contributed by atoms with Crippen LogP contribution in [0.15, 0.2) is 54.7 Å². The third kappa shape index (κ3) is 2.72. The van der Waals surface area contributed by atoms with Gasteiger partial charge >= 0.3 is 5.82 Å². The molecule has 24 heavy (non-hydrogen) atoms. The highest BCUT2D eigenvalue weighted by Crippen LogP contribution is 2.29. The second-order valence-corrected chi connectivity index (χ2v) is 5.17. The van der Waals surface area contributed by atoms with Gasteiger partial charge in [-0.3, -0.25) is 10.1 Å². The van der Waals surface area contributed by atoms with E-state index in [0.29, 0.717) is 17.1 Å². The fourth-order valence-electron chi connectivity index (χ4n) is 2.36. The van der Waals surface area contributed by atoms with Gasteiger partial charge in [0.25, 0.3) is 5.69 Å². The van der Waals surface area contributed by atoms with Crippen LogP contribution in [0.1, 0.15) is 5.56 Å². The molecule has 0 unspecified atom stereocenters. The number of imidazole rings is 1. The van der Waals surface area contributed by atoms with Crippen molar-refractivity contribution in [2.24, 2.45) is 0 Å². The molecule has 0 spiro atoms. The van der Waals surface area contributed by atoms with Gasteiger partial charge in [-0.1, -0.05) is 17.7 Å². The van der Waals surface area contributed by atoms with E-state index < -0.39 is 9.85 Å². The monoisotopic (exact) mass is 324 g/mol. The lowest BCUT2D eigenvalue weighted by Crippen LogP contribution is -2.02. The molecule has 0 aliphatic carbocycles. The summed E-state index contributed by atoms with van der Waals surface area (Å²) in [6.07, 6.45) is 1.18. The molecule has 0 saturated carbocycles. The molecule has 0 bridgehead atoms. The van der Waals surface area contributed by atoms with Gasteiger partial charge in [-0.25, -0.2) is 4.98 Å². The van der Waals surface area contributed by atoms with Crippen LogP contribution in [0, 0.1) is 27.2 Å². The molecule has 2 aromatic carbocycles. The van der Waals surface area contributed by atoms with Gasteiger partial charge in [-0.05, 0) is 36.1 Å². The number of aryl methyl sites for hydroxylation is 1. The zero-order valence-corrected chi connectivity index (χ0v) is 12.6. The van der Waals surface area contributed by atoms with Crippen LogP contribution in [0.4, 0.5) is 11.5 Å². The molecule has 3 aromatic rings. The van der Waals surface area contributed by atoms with Gasteiger partial charge < -0.3 is 10.1 Å². The number of nitrogens with zero attached hydrogens (tertiary/aromatic N) is 4. The second kappa shape index (κ2) is 5.92. The lowest BCUT2D eigenvalue weighted by Gasteiger charge is -2.05. The Bertz CT molecular complexity index is 914. The van der Waals surface area contributed by atoms with E-state index >= 15 is 0 Å². The predicted octanol–water partition coefficient (Wildman–Crippen LogP) is 3.66. The summed E-state index contributed by atoms with van der Waals surface area (Å²) >= 11 is 0. The molecule has 0 fully saturated rings. The van der Waals surface area contributed by atoms with Gasteiger partial charge in [0.05, 0.1) is 4.92 Å². The van der Waals surface area contributed by atoms with Crippen molar-refractivity contribution in [1.82, 2.24) is 9.55 Å². The molecule has 0 radical (unpaired) electrons. The van der Waals surface area contributed by atoms with Gasteiger partial charge in [0.2, 0.25) is 5.82 Å². The lowest BCUT2D eigenvalue weighted by molar-refractivity contribution is -0.390. The highest BCUT2D eigenvalue weighted by atomic mass is 16.6. The molecule has 120 valence electrons. The highest BCUT2D eigenvalue weighted by Gasteiger charge is 2.23. The number of nitro benzene ring substituents is 1. The Balaban J connectivity index is 2.16. The molecule has 0 aliphatic heterocycles. The van der Waals surface area contributed by atoms with Crippen LogP contribution >= 0.6 is 0 Å². The Hall–Kier alpha value is -3.55. The van der Waals surface area contributed by atoms with E-state index in [1.165, 1.54) is 35.0 Å². The van der Waals surface area contributed by atoms with Gasteiger partial charge in [0, 0.05) is 17.7 Å². The van der Waals surface area contributed by atoms with Crippen molar-refractivity contribution in [2.45, 2.75) is 6.92 Å². The smallest absolute Gasteiger partial charge is 0.348 e. The highest BCUT2D eigenvalue weighted by molar-refractivity contribution is 5.63. The number of rotatable bonds is 4. The maximum absolute atomic E-state index is 11.3.